The number of guanidine groups is 1. The van der Waals surface area contributed by atoms with Crippen molar-refractivity contribution in [2.75, 3.05) is 13.1 Å². The monoisotopic (exact) mass is 457 g/mol. The molecule has 1 fully saturated rings. The molecule has 1 aromatic heterocycles. The molecule has 0 unspecified atom stereocenters. The Bertz CT molecular complexity index is 724. The molecule has 2 N–H and O–H groups in total. The topological polar surface area (TPSA) is 54.2 Å². The summed E-state index contributed by atoms with van der Waals surface area (Å²) in [5, 5.41) is 10.8. The van der Waals surface area contributed by atoms with Crippen molar-refractivity contribution in [3.05, 3.63) is 53.6 Å². The normalized spacial score (nSPS) is 15.4. The van der Waals surface area contributed by atoms with Crippen LogP contribution < -0.4 is 10.6 Å². The zero-order valence-electron chi connectivity index (χ0n) is 14.6. The van der Waals surface area contributed by atoms with E-state index in [1.54, 1.807) is 18.3 Å². The molecule has 1 aliphatic carbocycles. The van der Waals surface area contributed by atoms with Crippen LogP contribution in [0.4, 0.5) is 4.39 Å². The van der Waals surface area contributed by atoms with Gasteiger partial charge in [-0.25, -0.2) is 9.38 Å². The average Bonchev–Trinajstić information content (AvgIpc) is 3.26. The van der Waals surface area contributed by atoms with E-state index >= 15 is 0 Å². The molecule has 3 rings (SSSR count). The maximum atomic E-state index is 13.5. The molecular formula is C18H25FIN5. The van der Waals surface area contributed by atoms with Crippen molar-refractivity contribution >= 4 is 29.9 Å². The summed E-state index contributed by atoms with van der Waals surface area (Å²) in [5.74, 6) is 0.608. The van der Waals surface area contributed by atoms with Gasteiger partial charge in [0.15, 0.2) is 5.96 Å². The lowest BCUT2D eigenvalue weighted by atomic mass is 9.96. The van der Waals surface area contributed by atoms with Crippen molar-refractivity contribution in [2.45, 2.75) is 31.7 Å². The summed E-state index contributed by atoms with van der Waals surface area (Å²) >= 11 is 0. The second kappa shape index (κ2) is 8.64. The van der Waals surface area contributed by atoms with Gasteiger partial charge in [-0.1, -0.05) is 12.1 Å². The summed E-state index contributed by atoms with van der Waals surface area (Å²) < 4.78 is 15.3. The van der Waals surface area contributed by atoms with E-state index in [4.69, 9.17) is 0 Å². The van der Waals surface area contributed by atoms with E-state index in [0.29, 0.717) is 6.54 Å². The Morgan fingerprint density at radius 1 is 1.32 bits per heavy atom. The van der Waals surface area contributed by atoms with Crippen molar-refractivity contribution in [2.24, 2.45) is 12.0 Å². The van der Waals surface area contributed by atoms with Gasteiger partial charge in [0.05, 0.1) is 12.2 Å². The van der Waals surface area contributed by atoms with E-state index in [-0.39, 0.29) is 35.2 Å². The van der Waals surface area contributed by atoms with Crippen LogP contribution >= 0.6 is 24.0 Å². The maximum Gasteiger partial charge on any atom is 0.191 e. The molecule has 25 heavy (non-hydrogen) atoms. The molecule has 2 aromatic rings. The highest BCUT2D eigenvalue weighted by atomic mass is 127. The van der Waals surface area contributed by atoms with Gasteiger partial charge in [0.1, 0.15) is 5.82 Å². The fourth-order valence-corrected chi connectivity index (χ4v) is 2.85. The third-order valence-electron chi connectivity index (χ3n) is 4.55. The summed E-state index contributed by atoms with van der Waals surface area (Å²) in [5.41, 5.74) is 2.15. The van der Waals surface area contributed by atoms with Crippen molar-refractivity contribution in [3.63, 3.8) is 0 Å². The largest absolute Gasteiger partial charge is 0.357 e. The predicted molar refractivity (Wildman–Crippen MR) is 109 cm³/mol. The molecular weight excluding hydrogens is 432 g/mol. The Labute approximate surface area is 165 Å². The molecule has 0 bridgehead atoms. The van der Waals surface area contributed by atoms with Gasteiger partial charge in [-0.2, -0.15) is 5.10 Å². The minimum absolute atomic E-state index is 0. The van der Waals surface area contributed by atoms with Crippen molar-refractivity contribution in [3.8, 4) is 0 Å². The van der Waals surface area contributed by atoms with Crippen LogP contribution in [0.1, 0.15) is 31.0 Å². The van der Waals surface area contributed by atoms with E-state index in [1.165, 1.54) is 6.07 Å². The van der Waals surface area contributed by atoms with Gasteiger partial charge in [-0.3, -0.25) is 4.68 Å². The predicted octanol–water partition coefficient (Wildman–Crippen LogP) is 2.96. The van der Waals surface area contributed by atoms with E-state index in [1.807, 2.05) is 30.8 Å². The van der Waals surface area contributed by atoms with Gasteiger partial charge in [-0.05, 0) is 43.5 Å². The summed E-state index contributed by atoms with van der Waals surface area (Å²) in [6.45, 7) is 4.16. The molecule has 0 atom stereocenters. The molecule has 1 saturated carbocycles. The molecule has 0 saturated heterocycles. The Hall–Kier alpha value is -1.64. The zero-order chi connectivity index (χ0) is 17.0. The smallest absolute Gasteiger partial charge is 0.191 e. The van der Waals surface area contributed by atoms with Crippen LogP contribution in [0.2, 0.25) is 0 Å². The fourth-order valence-electron chi connectivity index (χ4n) is 2.85. The molecule has 0 amide bonds. The van der Waals surface area contributed by atoms with E-state index < -0.39 is 0 Å². The number of benzene rings is 1. The van der Waals surface area contributed by atoms with Crippen LogP contribution in [0.5, 0.6) is 0 Å². The van der Waals surface area contributed by atoms with Crippen LogP contribution in [-0.2, 0) is 19.0 Å². The number of rotatable bonds is 6. The summed E-state index contributed by atoms with van der Waals surface area (Å²) in [6.07, 6.45) is 3.92. The highest BCUT2D eigenvalue weighted by Crippen LogP contribution is 2.47. The number of nitrogens with one attached hydrogen (secondary N) is 2. The van der Waals surface area contributed by atoms with Gasteiger partial charge >= 0.3 is 0 Å². The highest BCUT2D eigenvalue weighted by Gasteiger charge is 2.44. The SMILES string of the molecule is CCNC(=NCc1ccnn1C)NCC1(c2cccc(F)c2)CC1.I. The van der Waals surface area contributed by atoms with Crippen LogP contribution in [0, 0.1) is 5.82 Å². The fraction of sp³-hybridized carbons (Fsp3) is 0.444. The summed E-state index contributed by atoms with van der Waals surface area (Å²) in [4.78, 5) is 4.62. The summed E-state index contributed by atoms with van der Waals surface area (Å²) in [7, 11) is 1.91. The lowest BCUT2D eigenvalue weighted by Crippen LogP contribution is -2.41. The molecule has 7 heteroatoms. The third-order valence-corrected chi connectivity index (χ3v) is 4.55. The standard InChI is InChI=1S/C18H24FN5.HI/c1-3-20-17(21-12-16-7-10-23-24(16)2)22-13-18(8-9-18)14-5-4-6-15(19)11-14;/h4-7,10-11H,3,8-9,12-13H2,1-2H3,(H2,20,21,22);1H. The Kier molecular flexibility index (Phi) is 6.80. The third kappa shape index (κ3) is 4.93. The molecule has 5 nitrogen and oxygen atoms in total. The van der Waals surface area contributed by atoms with E-state index in [2.05, 4.69) is 20.7 Å². The maximum absolute atomic E-state index is 13.5. The lowest BCUT2D eigenvalue weighted by molar-refractivity contribution is 0.607. The molecule has 0 spiro atoms. The molecule has 0 radical (unpaired) electrons. The molecule has 1 heterocycles. The number of aliphatic imine (C=N–C) groups is 1. The van der Waals surface area contributed by atoms with Gasteiger partial charge in [0, 0.05) is 31.7 Å². The first-order valence-corrected chi connectivity index (χ1v) is 8.38. The molecule has 0 aliphatic heterocycles. The van der Waals surface area contributed by atoms with Crippen LogP contribution in [-0.4, -0.2) is 28.8 Å². The lowest BCUT2D eigenvalue weighted by Gasteiger charge is -2.19. The number of aromatic nitrogens is 2. The molecule has 136 valence electrons. The van der Waals surface area contributed by atoms with Gasteiger partial charge in [0.2, 0.25) is 0 Å². The van der Waals surface area contributed by atoms with Gasteiger partial charge in [0.25, 0.3) is 0 Å². The second-order valence-corrected chi connectivity index (χ2v) is 6.29. The number of hydrogen-bond acceptors (Lipinski definition) is 2. The quantitative estimate of drug-likeness (QED) is 0.399. The molecule has 1 aliphatic rings. The van der Waals surface area contributed by atoms with Crippen molar-refractivity contribution in [1.29, 1.82) is 0 Å². The van der Waals surface area contributed by atoms with Crippen molar-refractivity contribution in [1.82, 2.24) is 20.4 Å². The highest BCUT2D eigenvalue weighted by molar-refractivity contribution is 14.0. The van der Waals surface area contributed by atoms with E-state index in [9.17, 15) is 4.39 Å². The van der Waals surface area contributed by atoms with Gasteiger partial charge < -0.3 is 10.6 Å². The number of nitrogens with zero attached hydrogens (tertiary/aromatic N) is 3. The number of aryl methyl sites for hydroxylation is 1. The van der Waals surface area contributed by atoms with Crippen LogP contribution in [0.15, 0.2) is 41.5 Å². The number of halogens is 2. The Morgan fingerprint density at radius 3 is 2.72 bits per heavy atom. The first kappa shape index (κ1) is 19.7. The van der Waals surface area contributed by atoms with Crippen LogP contribution in [0.25, 0.3) is 0 Å². The Morgan fingerprint density at radius 2 is 2.12 bits per heavy atom. The first-order valence-electron chi connectivity index (χ1n) is 8.38. The minimum Gasteiger partial charge on any atom is -0.357 e. The van der Waals surface area contributed by atoms with E-state index in [0.717, 1.165) is 43.1 Å². The zero-order valence-corrected chi connectivity index (χ0v) is 17.0. The van der Waals surface area contributed by atoms with Crippen molar-refractivity contribution < 1.29 is 4.39 Å². The minimum atomic E-state index is -0.171. The number of hydrogen-bond donors (Lipinski definition) is 2. The summed E-state index contributed by atoms with van der Waals surface area (Å²) in [6, 6.07) is 8.90. The average molecular weight is 457 g/mol. The first-order chi connectivity index (χ1) is 11.6. The second-order valence-electron chi connectivity index (χ2n) is 6.29. The molecule has 1 aromatic carbocycles. The van der Waals surface area contributed by atoms with Crippen LogP contribution in [0.3, 0.4) is 0 Å². The van der Waals surface area contributed by atoms with Gasteiger partial charge in [-0.15, -0.1) is 24.0 Å². The Balaban J connectivity index is 0.00000225.